The Balaban J connectivity index is 2.47. The smallest absolute Gasteiger partial charge is 0.194 e. The highest BCUT2D eigenvalue weighted by Gasteiger charge is 2.07. The van der Waals surface area contributed by atoms with E-state index in [0.717, 1.165) is 0 Å². The quantitative estimate of drug-likeness (QED) is 0.868. The summed E-state index contributed by atoms with van der Waals surface area (Å²) in [5.41, 5.74) is 6.08. The molecule has 0 spiro atoms. The van der Waals surface area contributed by atoms with Crippen LogP contribution in [0, 0.1) is 0 Å². The summed E-state index contributed by atoms with van der Waals surface area (Å²) in [4.78, 5) is 0. The van der Waals surface area contributed by atoms with Crippen LogP contribution in [-0.4, -0.2) is 10.2 Å². The molecule has 0 saturated heterocycles. The number of aromatic nitrogens is 2. The van der Waals surface area contributed by atoms with Gasteiger partial charge in [-0.15, -0.1) is 10.2 Å². The molecule has 2 N–H and O–H groups in total. The number of rotatable bonds is 1. The van der Waals surface area contributed by atoms with Crippen LogP contribution in [0.3, 0.4) is 0 Å². The largest absolute Gasteiger partial charge is 0.443 e. The third kappa shape index (κ3) is 1.73. The number of nitrogens with zero attached hydrogens (tertiary/aromatic N) is 2. The Labute approximate surface area is 93.2 Å². The van der Waals surface area contributed by atoms with Crippen LogP contribution in [0.4, 0.5) is 5.82 Å². The van der Waals surface area contributed by atoms with Crippen molar-refractivity contribution in [1.29, 1.82) is 0 Å². The van der Waals surface area contributed by atoms with E-state index in [0.29, 0.717) is 27.0 Å². The van der Waals surface area contributed by atoms with Crippen molar-refractivity contribution in [3.63, 3.8) is 0 Å². The fourth-order valence-corrected chi connectivity index (χ4v) is 1.39. The van der Waals surface area contributed by atoms with Gasteiger partial charge < -0.3 is 10.2 Å². The number of furan rings is 1. The van der Waals surface area contributed by atoms with Gasteiger partial charge in [-0.1, -0.05) is 0 Å². The van der Waals surface area contributed by atoms with Gasteiger partial charge in [0.2, 0.25) is 0 Å². The minimum Gasteiger partial charge on any atom is -0.443 e. The summed E-state index contributed by atoms with van der Waals surface area (Å²) in [7, 11) is 0. The van der Waals surface area contributed by atoms with Crippen LogP contribution >= 0.6 is 27.5 Å². The fourth-order valence-electron chi connectivity index (χ4n) is 0.951. The molecule has 0 atom stereocenters. The van der Waals surface area contributed by atoms with Crippen molar-refractivity contribution in [2.75, 3.05) is 5.73 Å². The van der Waals surface area contributed by atoms with E-state index in [9.17, 15) is 0 Å². The van der Waals surface area contributed by atoms with Crippen LogP contribution in [0.25, 0.3) is 11.5 Å². The molecule has 0 saturated carbocycles. The van der Waals surface area contributed by atoms with E-state index in [2.05, 4.69) is 26.1 Å². The Bertz CT molecular complexity index is 471. The van der Waals surface area contributed by atoms with Crippen LogP contribution in [-0.2, 0) is 0 Å². The SMILES string of the molecule is Nc1nnc(-c2ccc(Cl)o2)cc1Br. The third-order valence-electron chi connectivity index (χ3n) is 1.60. The summed E-state index contributed by atoms with van der Waals surface area (Å²) >= 11 is 8.88. The predicted molar refractivity (Wildman–Crippen MR) is 56.9 cm³/mol. The molecule has 0 unspecified atom stereocenters. The summed E-state index contributed by atoms with van der Waals surface area (Å²) in [6, 6.07) is 5.08. The van der Waals surface area contributed by atoms with Gasteiger partial charge in [0.15, 0.2) is 16.8 Å². The lowest BCUT2D eigenvalue weighted by molar-refractivity contribution is 0.581. The van der Waals surface area contributed by atoms with Crippen LogP contribution in [0.1, 0.15) is 0 Å². The van der Waals surface area contributed by atoms with Crippen molar-refractivity contribution in [3.8, 4) is 11.5 Å². The monoisotopic (exact) mass is 273 g/mol. The maximum absolute atomic E-state index is 5.63. The normalized spacial score (nSPS) is 10.4. The molecule has 0 aliphatic carbocycles. The van der Waals surface area contributed by atoms with Crippen molar-refractivity contribution in [2.45, 2.75) is 0 Å². The molecule has 0 aromatic carbocycles. The molecule has 4 nitrogen and oxygen atoms in total. The minimum absolute atomic E-state index is 0.315. The van der Waals surface area contributed by atoms with E-state index in [-0.39, 0.29) is 0 Å². The average molecular weight is 275 g/mol. The number of hydrogen-bond acceptors (Lipinski definition) is 4. The zero-order valence-electron chi connectivity index (χ0n) is 6.87. The Hall–Kier alpha value is -1.07. The zero-order valence-corrected chi connectivity index (χ0v) is 9.21. The van der Waals surface area contributed by atoms with E-state index in [4.69, 9.17) is 21.8 Å². The van der Waals surface area contributed by atoms with E-state index in [1.807, 2.05) is 0 Å². The number of nitrogens with two attached hydrogens (primary N) is 1. The minimum atomic E-state index is 0.315. The molecule has 2 aromatic heterocycles. The van der Waals surface area contributed by atoms with E-state index < -0.39 is 0 Å². The third-order valence-corrected chi connectivity index (χ3v) is 2.44. The number of anilines is 1. The molecule has 0 amide bonds. The lowest BCUT2D eigenvalue weighted by Gasteiger charge is -1.97. The molecule has 6 heteroatoms. The summed E-state index contributed by atoms with van der Waals surface area (Å²) in [5.74, 6) is 0.898. The van der Waals surface area contributed by atoms with Gasteiger partial charge in [0, 0.05) is 0 Å². The van der Waals surface area contributed by atoms with Crippen molar-refractivity contribution >= 4 is 33.3 Å². The summed E-state index contributed by atoms with van der Waals surface area (Å²) in [6.45, 7) is 0. The summed E-state index contributed by atoms with van der Waals surface area (Å²) < 4.78 is 5.84. The molecule has 0 bridgehead atoms. The van der Waals surface area contributed by atoms with Gasteiger partial charge >= 0.3 is 0 Å². The molecule has 0 fully saturated rings. The standard InChI is InChI=1S/C8H5BrClN3O/c9-4-3-5(12-13-8(4)11)6-1-2-7(10)14-6/h1-3H,(H2,11,13). The molecular formula is C8H5BrClN3O. The first-order chi connectivity index (χ1) is 6.66. The van der Waals surface area contributed by atoms with Crippen LogP contribution in [0.2, 0.25) is 5.22 Å². The highest BCUT2D eigenvalue weighted by molar-refractivity contribution is 9.10. The molecule has 0 aliphatic heterocycles. The van der Waals surface area contributed by atoms with E-state index in [1.54, 1.807) is 18.2 Å². The molecule has 2 aromatic rings. The Morgan fingerprint density at radius 1 is 1.36 bits per heavy atom. The molecule has 0 radical (unpaired) electrons. The predicted octanol–water partition coefficient (Wildman–Crippen LogP) is 2.73. The fraction of sp³-hybridized carbons (Fsp3) is 0. The second kappa shape index (κ2) is 3.59. The first kappa shape index (κ1) is 9.48. The maximum Gasteiger partial charge on any atom is 0.194 e. The van der Waals surface area contributed by atoms with Crippen LogP contribution in [0.15, 0.2) is 27.1 Å². The topological polar surface area (TPSA) is 64.9 Å². The zero-order chi connectivity index (χ0) is 10.1. The molecule has 14 heavy (non-hydrogen) atoms. The van der Waals surface area contributed by atoms with Crippen LogP contribution < -0.4 is 5.73 Å². The first-order valence-electron chi connectivity index (χ1n) is 3.71. The highest BCUT2D eigenvalue weighted by Crippen LogP contribution is 2.26. The molecule has 2 rings (SSSR count). The van der Waals surface area contributed by atoms with E-state index >= 15 is 0 Å². The van der Waals surface area contributed by atoms with Gasteiger partial charge in [-0.2, -0.15) is 0 Å². The highest BCUT2D eigenvalue weighted by atomic mass is 79.9. The molecule has 0 aliphatic rings. The van der Waals surface area contributed by atoms with Crippen LogP contribution in [0.5, 0.6) is 0 Å². The van der Waals surface area contributed by atoms with Gasteiger partial charge in [0.05, 0.1) is 4.47 Å². The lowest BCUT2D eigenvalue weighted by atomic mass is 10.3. The maximum atomic E-state index is 5.63. The Morgan fingerprint density at radius 3 is 2.71 bits per heavy atom. The number of hydrogen-bond donors (Lipinski definition) is 1. The summed E-state index contributed by atoms with van der Waals surface area (Å²) in [6.07, 6.45) is 0. The van der Waals surface area contributed by atoms with Gasteiger partial charge in [-0.05, 0) is 45.7 Å². The van der Waals surface area contributed by atoms with Crippen molar-refractivity contribution in [1.82, 2.24) is 10.2 Å². The first-order valence-corrected chi connectivity index (χ1v) is 4.88. The lowest BCUT2D eigenvalue weighted by Crippen LogP contribution is -1.95. The van der Waals surface area contributed by atoms with Gasteiger partial charge in [-0.25, -0.2) is 0 Å². The number of halogens is 2. The van der Waals surface area contributed by atoms with Crippen molar-refractivity contribution < 1.29 is 4.42 Å². The van der Waals surface area contributed by atoms with Gasteiger partial charge in [0.25, 0.3) is 0 Å². The van der Waals surface area contributed by atoms with Crippen molar-refractivity contribution in [3.05, 3.63) is 27.9 Å². The van der Waals surface area contributed by atoms with E-state index in [1.165, 1.54) is 0 Å². The van der Waals surface area contributed by atoms with Gasteiger partial charge in [0.1, 0.15) is 5.69 Å². The Kier molecular flexibility index (Phi) is 2.43. The summed E-state index contributed by atoms with van der Waals surface area (Å²) in [5, 5.41) is 7.92. The second-order valence-corrected chi connectivity index (χ2v) is 3.79. The van der Waals surface area contributed by atoms with Crippen molar-refractivity contribution in [2.24, 2.45) is 0 Å². The molecule has 2 heterocycles. The number of nitrogen functional groups attached to an aromatic ring is 1. The average Bonchev–Trinajstić information content (AvgIpc) is 2.57. The molecule has 72 valence electrons. The Morgan fingerprint density at radius 2 is 2.14 bits per heavy atom. The molecular weight excluding hydrogens is 269 g/mol. The van der Waals surface area contributed by atoms with Gasteiger partial charge in [-0.3, -0.25) is 0 Å². The second-order valence-electron chi connectivity index (χ2n) is 2.57.